The van der Waals surface area contributed by atoms with Crippen molar-refractivity contribution in [2.45, 2.75) is 59.2 Å². The highest BCUT2D eigenvalue weighted by atomic mass is 16.2. The number of aromatic nitrogens is 4. The van der Waals surface area contributed by atoms with Gasteiger partial charge in [-0.2, -0.15) is 0 Å². The monoisotopic (exact) mass is 484 g/mol. The Hall–Kier alpha value is -4.07. The van der Waals surface area contributed by atoms with E-state index in [-0.39, 0.29) is 18.4 Å². The van der Waals surface area contributed by atoms with Crippen molar-refractivity contribution in [3.8, 4) is 0 Å². The molecule has 1 atom stereocenters. The lowest BCUT2D eigenvalue weighted by atomic mass is 9.98. The van der Waals surface area contributed by atoms with Gasteiger partial charge in [-0.3, -0.25) is 19.5 Å². The third kappa shape index (κ3) is 5.43. The summed E-state index contributed by atoms with van der Waals surface area (Å²) in [4.78, 5) is 33.7. The summed E-state index contributed by atoms with van der Waals surface area (Å²) in [5, 5.41) is 11.5. The molecule has 0 aliphatic heterocycles. The predicted molar refractivity (Wildman–Crippen MR) is 140 cm³/mol. The van der Waals surface area contributed by atoms with E-state index in [0.717, 1.165) is 23.1 Å². The van der Waals surface area contributed by atoms with E-state index in [4.69, 9.17) is 0 Å². The van der Waals surface area contributed by atoms with E-state index < -0.39 is 11.6 Å². The highest BCUT2D eigenvalue weighted by molar-refractivity contribution is 6.01. The third-order valence-corrected chi connectivity index (χ3v) is 6.31. The number of nitrogens with zero attached hydrogens (tertiary/aromatic N) is 5. The molecule has 0 aliphatic rings. The van der Waals surface area contributed by atoms with E-state index in [1.807, 2.05) is 83.1 Å². The molecule has 0 unspecified atom stereocenters. The van der Waals surface area contributed by atoms with Crippen molar-refractivity contribution in [3.05, 3.63) is 83.7 Å². The van der Waals surface area contributed by atoms with Crippen molar-refractivity contribution < 1.29 is 9.59 Å². The van der Waals surface area contributed by atoms with E-state index in [1.54, 1.807) is 28.0 Å². The van der Waals surface area contributed by atoms with Gasteiger partial charge in [-0.15, -0.1) is 5.10 Å². The molecule has 2 heterocycles. The Morgan fingerprint density at radius 3 is 2.44 bits per heavy atom. The van der Waals surface area contributed by atoms with Crippen LogP contribution in [0.3, 0.4) is 0 Å². The van der Waals surface area contributed by atoms with Crippen LogP contribution in [0.15, 0.2) is 67.0 Å². The fourth-order valence-electron chi connectivity index (χ4n) is 4.21. The quantitative estimate of drug-likeness (QED) is 0.397. The molecule has 2 amide bonds. The molecule has 8 nitrogen and oxygen atoms in total. The first-order valence-electron chi connectivity index (χ1n) is 12.1. The van der Waals surface area contributed by atoms with E-state index in [0.29, 0.717) is 16.8 Å². The predicted octanol–water partition coefficient (Wildman–Crippen LogP) is 4.52. The van der Waals surface area contributed by atoms with Crippen LogP contribution >= 0.6 is 0 Å². The van der Waals surface area contributed by atoms with Gasteiger partial charge >= 0.3 is 0 Å². The second-order valence-electron chi connectivity index (χ2n) is 9.76. The lowest BCUT2D eigenvalue weighted by molar-refractivity contribution is -0.128. The first-order valence-corrected chi connectivity index (χ1v) is 12.1. The maximum Gasteiger partial charge on any atom is 0.249 e. The fourth-order valence-corrected chi connectivity index (χ4v) is 4.21. The molecule has 2 aromatic heterocycles. The number of anilines is 1. The van der Waals surface area contributed by atoms with Gasteiger partial charge in [0.05, 0.1) is 5.52 Å². The zero-order valence-corrected chi connectivity index (χ0v) is 21.4. The summed E-state index contributed by atoms with van der Waals surface area (Å²) in [6, 6.07) is 16.0. The summed E-state index contributed by atoms with van der Waals surface area (Å²) in [5.41, 5.74) is 4.26. The summed E-state index contributed by atoms with van der Waals surface area (Å²) in [6.07, 6.45) is 4.02. The number of nitrogens with one attached hydrogen (secondary N) is 1. The minimum Gasteiger partial charge on any atom is -0.349 e. The standard InChI is InChI=1S/C28H32N6O2/c1-6-28(4,5)30-27(36)26(21-10-9-13-29-17-21)34(22-15-19(2)14-20(3)16-22)25(35)18-33-24-12-8-7-11-23(24)31-32-33/h7-17,26H,6,18H2,1-5H3,(H,30,36)/t26-/m0/s1. The Kier molecular flexibility index (Phi) is 7.15. The molecule has 0 aliphatic carbocycles. The minimum absolute atomic E-state index is 0.0747. The van der Waals surface area contributed by atoms with Crippen LogP contribution in [0.2, 0.25) is 0 Å². The van der Waals surface area contributed by atoms with Crippen LogP contribution < -0.4 is 10.2 Å². The number of hydrogen-bond donors (Lipinski definition) is 1. The van der Waals surface area contributed by atoms with Crippen molar-refractivity contribution in [3.63, 3.8) is 0 Å². The van der Waals surface area contributed by atoms with Gasteiger partial charge in [-0.1, -0.05) is 36.4 Å². The second-order valence-corrected chi connectivity index (χ2v) is 9.76. The number of carbonyl (C=O) groups excluding carboxylic acids is 2. The molecule has 0 saturated heterocycles. The number of pyridine rings is 1. The van der Waals surface area contributed by atoms with Crippen molar-refractivity contribution in [2.75, 3.05) is 4.90 Å². The van der Waals surface area contributed by atoms with Gasteiger partial charge in [0.15, 0.2) is 0 Å². The highest BCUT2D eigenvalue weighted by Crippen LogP contribution is 2.30. The fraction of sp³-hybridized carbons (Fsp3) is 0.321. The number of carbonyl (C=O) groups is 2. The number of rotatable bonds is 8. The highest BCUT2D eigenvalue weighted by Gasteiger charge is 2.35. The van der Waals surface area contributed by atoms with Crippen molar-refractivity contribution in [2.24, 2.45) is 0 Å². The second kappa shape index (κ2) is 10.3. The SMILES string of the molecule is CCC(C)(C)NC(=O)[C@H](c1cccnc1)N(C(=O)Cn1nnc2ccccc21)c1cc(C)cc(C)c1. The van der Waals surface area contributed by atoms with Crippen LogP contribution in [0.4, 0.5) is 5.69 Å². The molecule has 0 radical (unpaired) electrons. The average molecular weight is 485 g/mol. The van der Waals surface area contributed by atoms with Crippen LogP contribution in [-0.2, 0) is 16.1 Å². The number of aryl methyl sites for hydroxylation is 2. The lowest BCUT2D eigenvalue weighted by Crippen LogP contribution is -2.51. The van der Waals surface area contributed by atoms with E-state index in [2.05, 4.69) is 20.6 Å². The molecule has 0 fully saturated rings. The Morgan fingerprint density at radius 2 is 1.78 bits per heavy atom. The van der Waals surface area contributed by atoms with Gasteiger partial charge in [-0.05, 0) is 75.6 Å². The van der Waals surface area contributed by atoms with Crippen LogP contribution in [0.1, 0.15) is 49.9 Å². The molecule has 186 valence electrons. The number of hydrogen-bond acceptors (Lipinski definition) is 5. The van der Waals surface area contributed by atoms with Gasteiger partial charge < -0.3 is 5.32 Å². The van der Waals surface area contributed by atoms with Gasteiger partial charge in [0.1, 0.15) is 18.1 Å². The zero-order chi connectivity index (χ0) is 25.9. The van der Waals surface area contributed by atoms with E-state index in [9.17, 15) is 9.59 Å². The Morgan fingerprint density at radius 1 is 1.06 bits per heavy atom. The molecule has 8 heteroatoms. The van der Waals surface area contributed by atoms with Crippen molar-refractivity contribution in [1.82, 2.24) is 25.3 Å². The van der Waals surface area contributed by atoms with Gasteiger partial charge in [-0.25, -0.2) is 4.68 Å². The first kappa shape index (κ1) is 25.0. The molecular formula is C28H32N6O2. The number of amides is 2. The molecule has 0 spiro atoms. The Bertz CT molecular complexity index is 1360. The maximum absolute atomic E-state index is 14.1. The van der Waals surface area contributed by atoms with E-state index in [1.165, 1.54) is 0 Å². The molecule has 0 saturated carbocycles. The molecule has 2 aromatic carbocycles. The summed E-state index contributed by atoms with van der Waals surface area (Å²) < 4.78 is 1.57. The van der Waals surface area contributed by atoms with Gasteiger partial charge in [0.2, 0.25) is 11.8 Å². The minimum atomic E-state index is -0.923. The van der Waals surface area contributed by atoms with Crippen LogP contribution in [0, 0.1) is 13.8 Å². The molecule has 4 aromatic rings. The largest absolute Gasteiger partial charge is 0.349 e. The Labute approximate surface area is 211 Å². The molecule has 0 bridgehead atoms. The third-order valence-electron chi connectivity index (χ3n) is 6.31. The number of para-hydroxylation sites is 1. The number of fused-ring (bicyclic) bond motifs is 1. The van der Waals surface area contributed by atoms with Gasteiger partial charge in [0.25, 0.3) is 0 Å². The summed E-state index contributed by atoms with van der Waals surface area (Å²) in [7, 11) is 0. The smallest absolute Gasteiger partial charge is 0.249 e. The van der Waals surface area contributed by atoms with Crippen molar-refractivity contribution >= 4 is 28.5 Å². The normalized spacial score (nSPS) is 12.4. The first-order chi connectivity index (χ1) is 17.2. The number of benzene rings is 2. The lowest BCUT2D eigenvalue weighted by Gasteiger charge is -2.34. The van der Waals surface area contributed by atoms with E-state index >= 15 is 0 Å². The summed E-state index contributed by atoms with van der Waals surface area (Å²) in [5.74, 6) is -0.556. The van der Waals surface area contributed by atoms with Crippen LogP contribution in [-0.4, -0.2) is 37.3 Å². The topological polar surface area (TPSA) is 93.0 Å². The molecule has 1 N–H and O–H groups in total. The van der Waals surface area contributed by atoms with Crippen molar-refractivity contribution in [1.29, 1.82) is 0 Å². The summed E-state index contributed by atoms with van der Waals surface area (Å²) in [6.45, 7) is 9.83. The van der Waals surface area contributed by atoms with Gasteiger partial charge in [0, 0.05) is 29.2 Å². The van der Waals surface area contributed by atoms with Crippen LogP contribution in [0.25, 0.3) is 11.0 Å². The molecule has 36 heavy (non-hydrogen) atoms. The Balaban J connectivity index is 1.83. The average Bonchev–Trinajstić information content (AvgIpc) is 3.24. The summed E-state index contributed by atoms with van der Waals surface area (Å²) >= 11 is 0. The maximum atomic E-state index is 14.1. The molecular weight excluding hydrogens is 452 g/mol. The molecule has 4 rings (SSSR count). The zero-order valence-electron chi connectivity index (χ0n) is 21.4. The van der Waals surface area contributed by atoms with Crippen LogP contribution in [0.5, 0.6) is 0 Å².